The molecule has 1 N–H and O–H groups in total. The summed E-state index contributed by atoms with van der Waals surface area (Å²) in [4.78, 5) is 28.4. The normalized spacial score (nSPS) is 12.8. The summed E-state index contributed by atoms with van der Waals surface area (Å²) in [6.45, 7) is 4.70. The van der Waals surface area contributed by atoms with Crippen molar-refractivity contribution in [2.45, 2.75) is 50.7 Å². The molecule has 11 heteroatoms. The van der Waals surface area contributed by atoms with Crippen LogP contribution in [0.1, 0.15) is 32.8 Å². The fourth-order valence-electron chi connectivity index (χ4n) is 3.90. The van der Waals surface area contributed by atoms with Crippen LogP contribution in [0.25, 0.3) is 0 Å². The highest BCUT2D eigenvalue weighted by Gasteiger charge is 2.33. The number of hydrogen-bond donors (Lipinski definition) is 1. The first-order chi connectivity index (χ1) is 19.0. The first-order valence-electron chi connectivity index (χ1n) is 12.7. The lowest BCUT2D eigenvalue weighted by Gasteiger charge is -2.32. The molecule has 0 spiro atoms. The zero-order valence-corrected chi connectivity index (χ0v) is 25.1. The Hall–Kier alpha value is -3.27. The third-order valence-electron chi connectivity index (χ3n) is 6.53. The molecule has 2 amide bonds. The van der Waals surface area contributed by atoms with Crippen LogP contribution in [-0.4, -0.2) is 50.9 Å². The van der Waals surface area contributed by atoms with Crippen molar-refractivity contribution < 1.29 is 22.7 Å². The van der Waals surface area contributed by atoms with Crippen LogP contribution in [0.3, 0.4) is 0 Å². The van der Waals surface area contributed by atoms with E-state index in [-0.39, 0.29) is 29.1 Å². The number of carbonyl (C=O) groups is 2. The molecular weight excluding hydrogens is 573 g/mol. The Balaban J connectivity index is 2.05. The fourth-order valence-corrected chi connectivity index (χ4v) is 5.85. The molecule has 0 bridgehead atoms. The van der Waals surface area contributed by atoms with Crippen LogP contribution in [-0.2, 0) is 26.2 Å². The third-order valence-corrected chi connectivity index (χ3v) is 9.03. The van der Waals surface area contributed by atoms with Gasteiger partial charge in [-0.15, -0.1) is 0 Å². The van der Waals surface area contributed by atoms with Gasteiger partial charge in [-0.05, 0) is 68.8 Å². The van der Waals surface area contributed by atoms with E-state index in [0.29, 0.717) is 27.8 Å². The molecule has 2 atom stereocenters. The minimum Gasteiger partial charge on any atom is -0.497 e. The van der Waals surface area contributed by atoms with Gasteiger partial charge in [0.05, 0.1) is 17.7 Å². The average molecular weight is 607 g/mol. The molecule has 214 valence electrons. The van der Waals surface area contributed by atoms with Crippen molar-refractivity contribution in [2.24, 2.45) is 0 Å². The molecule has 3 aromatic carbocycles. The monoisotopic (exact) mass is 605 g/mol. The number of benzene rings is 3. The highest BCUT2D eigenvalue weighted by atomic mass is 35.5. The van der Waals surface area contributed by atoms with Crippen molar-refractivity contribution in [1.29, 1.82) is 0 Å². The maximum atomic E-state index is 14.0. The zero-order valence-electron chi connectivity index (χ0n) is 22.8. The predicted molar refractivity (Wildman–Crippen MR) is 158 cm³/mol. The van der Waals surface area contributed by atoms with Gasteiger partial charge in [0, 0.05) is 28.2 Å². The molecule has 0 saturated carbocycles. The Labute approximate surface area is 245 Å². The number of sulfonamides is 1. The van der Waals surface area contributed by atoms with Gasteiger partial charge in [0.1, 0.15) is 18.3 Å². The number of rotatable bonds is 12. The molecule has 0 heterocycles. The van der Waals surface area contributed by atoms with E-state index >= 15 is 0 Å². The predicted octanol–water partition coefficient (Wildman–Crippen LogP) is 5.53. The Morgan fingerprint density at radius 2 is 1.52 bits per heavy atom. The summed E-state index contributed by atoms with van der Waals surface area (Å²) in [5.41, 5.74) is 0.703. The van der Waals surface area contributed by atoms with Gasteiger partial charge in [0.2, 0.25) is 11.8 Å². The summed E-state index contributed by atoms with van der Waals surface area (Å²) in [7, 11) is -2.67. The van der Waals surface area contributed by atoms with E-state index in [0.717, 1.165) is 4.31 Å². The van der Waals surface area contributed by atoms with Gasteiger partial charge in [-0.25, -0.2) is 8.42 Å². The van der Waals surface area contributed by atoms with Crippen LogP contribution >= 0.6 is 23.2 Å². The smallest absolute Gasteiger partial charge is 0.264 e. The van der Waals surface area contributed by atoms with E-state index in [1.54, 1.807) is 67.6 Å². The lowest BCUT2D eigenvalue weighted by Crippen LogP contribution is -2.52. The first kappa shape index (κ1) is 31.3. The molecule has 3 rings (SSSR count). The van der Waals surface area contributed by atoms with Crippen LogP contribution in [0, 0.1) is 0 Å². The molecule has 0 fully saturated rings. The summed E-state index contributed by atoms with van der Waals surface area (Å²) < 4.78 is 33.8. The maximum absolute atomic E-state index is 14.0. The third kappa shape index (κ3) is 7.47. The number of nitrogens with one attached hydrogen (secondary N) is 1. The minimum absolute atomic E-state index is 0.0156. The lowest BCUT2D eigenvalue weighted by molar-refractivity contribution is -0.139. The van der Waals surface area contributed by atoms with Crippen molar-refractivity contribution in [2.75, 3.05) is 18.0 Å². The standard InChI is InChI=1S/C29H33Cl2N3O5S/c1-5-20(2)32-29(36)21(3)33(18-25-26(30)12-9-13-27(25)31)28(35)19-34(22-14-16-23(39-4)17-15-22)40(37,38)24-10-7-6-8-11-24/h6-17,20-21H,5,18-19H2,1-4H3,(H,32,36). The van der Waals surface area contributed by atoms with Crippen molar-refractivity contribution in [1.82, 2.24) is 10.2 Å². The summed E-state index contributed by atoms with van der Waals surface area (Å²) in [6.07, 6.45) is 0.698. The van der Waals surface area contributed by atoms with E-state index in [9.17, 15) is 18.0 Å². The fraction of sp³-hybridized carbons (Fsp3) is 0.310. The maximum Gasteiger partial charge on any atom is 0.264 e. The van der Waals surface area contributed by atoms with E-state index in [4.69, 9.17) is 27.9 Å². The largest absolute Gasteiger partial charge is 0.497 e. The topological polar surface area (TPSA) is 96.0 Å². The molecule has 2 unspecified atom stereocenters. The van der Waals surface area contributed by atoms with Crippen molar-refractivity contribution in [3.63, 3.8) is 0 Å². The van der Waals surface area contributed by atoms with E-state index in [1.807, 2.05) is 13.8 Å². The summed E-state index contributed by atoms with van der Waals surface area (Å²) in [5.74, 6) is -0.469. The molecule has 0 aliphatic carbocycles. The second kappa shape index (κ2) is 13.9. The number of carbonyl (C=O) groups excluding carboxylic acids is 2. The van der Waals surface area contributed by atoms with Crippen molar-refractivity contribution in [3.05, 3.63) is 88.4 Å². The van der Waals surface area contributed by atoms with E-state index < -0.39 is 28.5 Å². The Morgan fingerprint density at radius 1 is 0.925 bits per heavy atom. The second-order valence-electron chi connectivity index (χ2n) is 9.24. The molecule has 0 aliphatic heterocycles. The summed E-state index contributed by atoms with van der Waals surface area (Å²) in [5, 5.41) is 3.53. The summed E-state index contributed by atoms with van der Waals surface area (Å²) in [6, 6.07) is 18.0. The van der Waals surface area contributed by atoms with E-state index in [1.165, 1.54) is 24.1 Å². The number of methoxy groups -OCH3 is 1. The minimum atomic E-state index is -4.17. The van der Waals surface area contributed by atoms with Crippen LogP contribution < -0.4 is 14.4 Å². The quantitative estimate of drug-likeness (QED) is 0.293. The summed E-state index contributed by atoms with van der Waals surface area (Å²) >= 11 is 12.8. The molecule has 3 aromatic rings. The highest BCUT2D eigenvalue weighted by molar-refractivity contribution is 7.92. The number of amides is 2. The molecular formula is C29H33Cl2N3O5S. The van der Waals surface area contributed by atoms with Crippen LogP contribution in [0.2, 0.25) is 10.0 Å². The number of hydrogen-bond acceptors (Lipinski definition) is 5. The van der Waals surface area contributed by atoms with Crippen LogP contribution in [0.5, 0.6) is 5.75 Å². The van der Waals surface area contributed by atoms with Gasteiger partial charge in [0.25, 0.3) is 10.0 Å². The molecule has 0 saturated heterocycles. The number of ether oxygens (including phenoxy) is 1. The first-order valence-corrected chi connectivity index (χ1v) is 14.9. The van der Waals surface area contributed by atoms with Crippen molar-refractivity contribution >= 4 is 50.7 Å². The van der Waals surface area contributed by atoms with E-state index in [2.05, 4.69) is 5.32 Å². The average Bonchev–Trinajstić information content (AvgIpc) is 2.95. The molecule has 0 aliphatic rings. The van der Waals surface area contributed by atoms with Gasteiger partial charge >= 0.3 is 0 Å². The lowest BCUT2D eigenvalue weighted by atomic mass is 10.1. The SMILES string of the molecule is CCC(C)NC(=O)C(C)N(Cc1c(Cl)cccc1Cl)C(=O)CN(c1ccc(OC)cc1)S(=O)(=O)c1ccccc1. The van der Waals surface area contributed by atoms with Gasteiger partial charge in [-0.1, -0.05) is 54.4 Å². The number of halogens is 2. The second-order valence-corrected chi connectivity index (χ2v) is 11.9. The number of anilines is 1. The Bertz CT molecular complexity index is 1400. The molecule has 0 radical (unpaired) electrons. The van der Waals surface area contributed by atoms with Gasteiger partial charge in [0.15, 0.2) is 0 Å². The van der Waals surface area contributed by atoms with Gasteiger partial charge < -0.3 is 15.0 Å². The van der Waals surface area contributed by atoms with Crippen LogP contribution in [0.15, 0.2) is 77.7 Å². The number of nitrogens with zero attached hydrogens (tertiary/aromatic N) is 2. The zero-order chi connectivity index (χ0) is 29.4. The van der Waals surface area contributed by atoms with Crippen LogP contribution in [0.4, 0.5) is 5.69 Å². The van der Waals surface area contributed by atoms with Gasteiger partial charge in [-0.2, -0.15) is 0 Å². The molecule has 40 heavy (non-hydrogen) atoms. The Morgan fingerprint density at radius 3 is 2.08 bits per heavy atom. The molecule has 0 aromatic heterocycles. The highest BCUT2D eigenvalue weighted by Crippen LogP contribution is 2.29. The molecule has 8 nitrogen and oxygen atoms in total. The van der Waals surface area contributed by atoms with Crippen molar-refractivity contribution in [3.8, 4) is 5.75 Å². The Kier molecular flexibility index (Phi) is 10.8. The van der Waals surface area contributed by atoms with Gasteiger partial charge in [-0.3, -0.25) is 13.9 Å².